The van der Waals surface area contributed by atoms with Crippen LogP contribution >= 0.6 is 0 Å². The maximum absolute atomic E-state index is 13.0. The van der Waals surface area contributed by atoms with Crippen LogP contribution in [-0.2, 0) is 6.42 Å². The number of nitrogens with one attached hydrogen (secondary N) is 1. The van der Waals surface area contributed by atoms with Gasteiger partial charge in [-0.2, -0.15) is 0 Å². The van der Waals surface area contributed by atoms with Gasteiger partial charge in [0.1, 0.15) is 0 Å². The highest BCUT2D eigenvalue weighted by atomic mass is 19.2. The Hall–Kier alpha value is -0.960. The van der Waals surface area contributed by atoms with Crippen LogP contribution in [0.2, 0.25) is 0 Å². The Morgan fingerprint density at radius 1 is 1.36 bits per heavy atom. The summed E-state index contributed by atoms with van der Waals surface area (Å²) >= 11 is 0. The Morgan fingerprint density at radius 2 is 2.00 bits per heavy atom. The predicted octanol–water partition coefficient (Wildman–Crippen LogP) is 2.56. The van der Waals surface area contributed by atoms with Crippen molar-refractivity contribution in [3.63, 3.8) is 0 Å². The van der Waals surface area contributed by atoms with Crippen molar-refractivity contribution in [1.29, 1.82) is 0 Å². The molecule has 1 aliphatic heterocycles. The third kappa shape index (κ3) is 1.52. The average molecular weight is 197 g/mol. The highest BCUT2D eigenvalue weighted by Crippen LogP contribution is 2.28. The van der Waals surface area contributed by atoms with Crippen LogP contribution in [0.4, 0.5) is 8.78 Å². The molecule has 1 saturated heterocycles. The molecule has 0 amide bonds. The summed E-state index contributed by atoms with van der Waals surface area (Å²) in [7, 11) is 0. The van der Waals surface area contributed by atoms with Gasteiger partial charge in [-0.25, -0.2) is 8.78 Å². The number of hydrogen-bond acceptors (Lipinski definition) is 1. The van der Waals surface area contributed by atoms with Gasteiger partial charge in [0.15, 0.2) is 11.6 Å². The van der Waals surface area contributed by atoms with Gasteiger partial charge >= 0.3 is 0 Å². The Morgan fingerprint density at radius 3 is 2.50 bits per heavy atom. The van der Waals surface area contributed by atoms with E-state index in [4.69, 9.17) is 0 Å². The van der Waals surface area contributed by atoms with Crippen LogP contribution in [0.1, 0.15) is 30.5 Å². The minimum Gasteiger partial charge on any atom is -0.310 e. The molecule has 14 heavy (non-hydrogen) atoms. The molecule has 0 aromatic heterocycles. The van der Waals surface area contributed by atoms with Gasteiger partial charge in [-0.05, 0) is 42.6 Å². The van der Waals surface area contributed by atoms with Crippen LogP contribution in [-0.4, -0.2) is 6.54 Å². The first-order valence-electron chi connectivity index (χ1n) is 4.93. The third-order valence-electron chi connectivity index (χ3n) is 2.76. The molecule has 1 aliphatic rings. The van der Waals surface area contributed by atoms with E-state index in [9.17, 15) is 8.78 Å². The van der Waals surface area contributed by atoms with Gasteiger partial charge in [0.25, 0.3) is 0 Å². The zero-order valence-electron chi connectivity index (χ0n) is 8.11. The van der Waals surface area contributed by atoms with Crippen LogP contribution in [0.3, 0.4) is 0 Å². The molecule has 1 nitrogen and oxygen atoms in total. The summed E-state index contributed by atoms with van der Waals surface area (Å²) < 4.78 is 25.9. The van der Waals surface area contributed by atoms with E-state index < -0.39 is 11.6 Å². The maximum atomic E-state index is 13.0. The van der Waals surface area contributed by atoms with Crippen LogP contribution in [0.5, 0.6) is 0 Å². The molecule has 3 heteroatoms. The second kappa shape index (κ2) is 3.65. The minimum absolute atomic E-state index is 0.222. The third-order valence-corrected chi connectivity index (χ3v) is 2.76. The Bertz CT molecular complexity index is 345. The lowest BCUT2D eigenvalue weighted by molar-refractivity contribution is 0.378. The highest BCUT2D eigenvalue weighted by Gasteiger charge is 2.22. The van der Waals surface area contributed by atoms with E-state index >= 15 is 0 Å². The zero-order chi connectivity index (χ0) is 10.1. The quantitative estimate of drug-likeness (QED) is 0.768. The first kappa shape index (κ1) is 9.59. The van der Waals surface area contributed by atoms with Crippen molar-refractivity contribution in [2.45, 2.75) is 25.8 Å². The van der Waals surface area contributed by atoms with Gasteiger partial charge in [0.2, 0.25) is 0 Å². The Balaban J connectivity index is 2.40. The van der Waals surface area contributed by atoms with Gasteiger partial charge in [-0.15, -0.1) is 0 Å². The number of rotatable bonds is 2. The number of benzene rings is 1. The predicted molar refractivity (Wildman–Crippen MR) is 51.1 cm³/mol. The summed E-state index contributed by atoms with van der Waals surface area (Å²) in [6.45, 7) is 2.92. The molecule has 0 saturated carbocycles. The first-order valence-corrected chi connectivity index (χ1v) is 4.93. The van der Waals surface area contributed by atoms with E-state index in [0.717, 1.165) is 30.5 Å². The largest absolute Gasteiger partial charge is 0.310 e. The molecule has 1 aromatic carbocycles. The molecular formula is C11H13F2N. The highest BCUT2D eigenvalue weighted by molar-refractivity contribution is 5.32. The van der Waals surface area contributed by atoms with Crippen molar-refractivity contribution in [1.82, 2.24) is 5.32 Å². The lowest BCUT2D eigenvalue weighted by Gasteiger charge is -2.29. The molecule has 1 aromatic rings. The molecule has 0 bridgehead atoms. The summed E-state index contributed by atoms with van der Waals surface area (Å²) in [5, 5.41) is 3.19. The average Bonchev–Trinajstić information content (AvgIpc) is 2.08. The summed E-state index contributed by atoms with van der Waals surface area (Å²) in [6.07, 6.45) is 1.75. The number of halogens is 2. The van der Waals surface area contributed by atoms with Gasteiger partial charge < -0.3 is 5.32 Å². The van der Waals surface area contributed by atoms with Crippen molar-refractivity contribution in [3.8, 4) is 0 Å². The number of aryl methyl sites for hydroxylation is 1. The second-order valence-corrected chi connectivity index (χ2v) is 3.61. The normalized spacial score (nSPS) is 20.6. The van der Waals surface area contributed by atoms with Gasteiger partial charge in [-0.3, -0.25) is 0 Å². The lowest BCUT2D eigenvalue weighted by Crippen LogP contribution is -2.35. The van der Waals surface area contributed by atoms with Crippen molar-refractivity contribution < 1.29 is 8.78 Å². The van der Waals surface area contributed by atoms with E-state index in [0.29, 0.717) is 0 Å². The summed E-state index contributed by atoms with van der Waals surface area (Å²) in [6, 6.07) is 2.86. The molecule has 76 valence electrons. The molecule has 1 fully saturated rings. The van der Waals surface area contributed by atoms with E-state index in [-0.39, 0.29) is 6.04 Å². The minimum atomic E-state index is -0.745. The van der Waals surface area contributed by atoms with E-state index in [1.165, 1.54) is 12.1 Å². The van der Waals surface area contributed by atoms with Crippen molar-refractivity contribution >= 4 is 0 Å². The van der Waals surface area contributed by atoms with Crippen LogP contribution in [0.15, 0.2) is 12.1 Å². The van der Waals surface area contributed by atoms with Crippen LogP contribution in [0.25, 0.3) is 0 Å². The molecule has 0 aliphatic carbocycles. The Labute approximate surface area is 82.1 Å². The van der Waals surface area contributed by atoms with Crippen LogP contribution < -0.4 is 5.32 Å². The SMILES string of the molecule is CCc1cc(F)c(F)cc1[C@H]1CCN1. The van der Waals surface area contributed by atoms with Gasteiger partial charge in [0.05, 0.1) is 0 Å². The molecule has 0 unspecified atom stereocenters. The standard InChI is InChI=1S/C11H13F2N/c1-2-7-5-9(12)10(13)6-8(7)11-3-4-14-11/h5-6,11,14H,2-4H2,1H3/t11-/m1/s1. The zero-order valence-corrected chi connectivity index (χ0v) is 8.11. The molecule has 1 heterocycles. The summed E-state index contributed by atoms with van der Waals surface area (Å²) in [5.74, 6) is -1.49. The first-order chi connectivity index (χ1) is 6.72. The molecule has 1 N–H and O–H groups in total. The van der Waals surface area contributed by atoms with Gasteiger partial charge in [-0.1, -0.05) is 6.92 Å². The van der Waals surface area contributed by atoms with Crippen LogP contribution in [0, 0.1) is 11.6 Å². The maximum Gasteiger partial charge on any atom is 0.159 e. The summed E-state index contributed by atoms with van der Waals surface area (Å²) in [5.41, 5.74) is 1.82. The fourth-order valence-corrected chi connectivity index (χ4v) is 1.79. The molecule has 1 atom stereocenters. The van der Waals surface area contributed by atoms with Crippen molar-refractivity contribution in [3.05, 3.63) is 34.9 Å². The Kier molecular flexibility index (Phi) is 2.50. The number of hydrogen-bond donors (Lipinski definition) is 1. The molecular weight excluding hydrogens is 184 g/mol. The second-order valence-electron chi connectivity index (χ2n) is 3.61. The monoisotopic (exact) mass is 197 g/mol. The lowest BCUT2D eigenvalue weighted by atomic mass is 9.92. The molecule has 2 rings (SSSR count). The smallest absolute Gasteiger partial charge is 0.159 e. The molecule has 0 radical (unpaired) electrons. The van der Waals surface area contributed by atoms with E-state index in [1.807, 2.05) is 6.92 Å². The van der Waals surface area contributed by atoms with Gasteiger partial charge in [0, 0.05) is 6.04 Å². The molecule has 0 spiro atoms. The summed E-state index contributed by atoms with van der Waals surface area (Å²) in [4.78, 5) is 0. The van der Waals surface area contributed by atoms with E-state index in [1.54, 1.807) is 0 Å². The van der Waals surface area contributed by atoms with Crippen molar-refractivity contribution in [2.24, 2.45) is 0 Å². The van der Waals surface area contributed by atoms with E-state index in [2.05, 4.69) is 5.32 Å². The fraction of sp³-hybridized carbons (Fsp3) is 0.455. The van der Waals surface area contributed by atoms with Crippen molar-refractivity contribution in [2.75, 3.05) is 6.54 Å². The fourth-order valence-electron chi connectivity index (χ4n) is 1.79. The topological polar surface area (TPSA) is 12.0 Å².